The van der Waals surface area contributed by atoms with Crippen molar-refractivity contribution in [3.8, 4) is 0 Å². The van der Waals surface area contributed by atoms with Gasteiger partial charge in [-0.2, -0.15) is 4.31 Å². The Labute approximate surface area is 238 Å². The number of carbonyl (C=O) groups excluding carboxylic acids is 1. The van der Waals surface area contributed by atoms with Crippen molar-refractivity contribution in [1.29, 1.82) is 0 Å². The maximum Gasteiger partial charge on any atom is 0.260 e. The van der Waals surface area contributed by atoms with E-state index in [0.29, 0.717) is 23.8 Å². The third kappa shape index (κ3) is 7.49. The third-order valence-corrected chi connectivity index (χ3v) is 9.13. The lowest BCUT2D eigenvalue weighted by Gasteiger charge is -2.25. The van der Waals surface area contributed by atoms with Crippen LogP contribution in [-0.4, -0.2) is 67.8 Å². The van der Waals surface area contributed by atoms with Crippen LogP contribution in [-0.2, 0) is 10.0 Å². The van der Waals surface area contributed by atoms with Crippen LogP contribution in [0.1, 0.15) is 24.2 Å². The first-order valence-electron chi connectivity index (χ1n) is 11.7. The number of thiazole rings is 1. The third-order valence-electron chi connectivity index (χ3n) is 5.75. The van der Waals surface area contributed by atoms with Crippen LogP contribution in [0.15, 0.2) is 77.1 Å². The second-order valence-corrected chi connectivity index (χ2v) is 11.9. The van der Waals surface area contributed by atoms with Crippen molar-refractivity contribution < 1.29 is 13.2 Å². The number of anilines is 1. The van der Waals surface area contributed by atoms with Crippen molar-refractivity contribution in [1.82, 2.24) is 14.2 Å². The van der Waals surface area contributed by atoms with Gasteiger partial charge in [0, 0.05) is 36.2 Å². The van der Waals surface area contributed by atoms with Gasteiger partial charge in [-0.15, -0.1) is 25.6 Å². The minimum Gasteiger partial charge on any atom is -0.302 e. The molecule has 0 aliphatic carbocycles. The summed E-state index contributed by atoms with van der Waals surface area (Å²) in [4.78, 5) is 22.4. The average Bonchev–Trinajstić information content (AvgIpc) is 3.29. The smallest absolute Gasteiger partial charge is 0.260 e. The van der Waals surface area contributed by atoms with E-state index in [-0.39, 0.29) is 36.3 Å². The maximum absolute atomic E-state index is 13.7. The van der Waals surface area contributed by atoms with E-state index >= 15 is 0 Å². The summed E-state index contributed by atoms with van der Waals surface area (Å²) in [6, 6.07) is 11.9. The minimum atomic E-state index is -3.75. The Bertz CT molecular complexity index is 1320. The lowest BCUT2D eigenvalue weighted by Crippen LogP contribution is -2.39. The van der Waals surface area contributed by atoms with Crippen LogP contribution < -0.4 is 4.90 Å². The summed E-state index contributed by atoms with van der Waals surface area (Å²) in [7, 11) is -3.75. The largest absolute Gasteiger partial charge is 0.302 e. The highest BCUT2D eigenvalue weighted by Gasteiger charge is 2.25. The fourth-order valence-electron chi connectivity index (χ4n) is 3.70. The second-order valence-electron chi connectivity index (χ2n) is 8.02. The molecule has 0 saturated carbocycles. The number of halogens is 2. The molecule has 0 aliphatic heterocycles. The Morgan fingerprint density at radius 1 is 1.03 bits per heavy atom. The molecular weight excluding hydrogens is 596 g/mol. The number of fused-ring (bicyclic) bond motifs is 1. The molecule has 7 nitrogen and oxygen atoms in total. The average molecular weight is 628 g/mol. The summed E-state index contributed by atoms with van der Waals surface area (Å²) in [5.74, 6) is -0.224. The summed E-state index contributed by atoms with van der Waals surface area (Å²) < 4.78 is 29.3. The van der Waals surface area contributed by atoms with E-state index in [1.54, 1.807) is 17.0 Å². The Hall–Kier alpha value is -2.08. The van der Waals surface area contributed by atoms with Crippen molar-refractivity contribution in [3.05, 3.63) is 77.8 Å². The van der Waals surface area contributed by atoms with Gasteiger partial charge in [-0.3, -0.25) is 9.69 Å². The fraction of sp³-hybridized carbons (Fsp3) is 0.308. The number of benzene rings is 2. The predicted molar refractivity (Wildman–Crippen MR) is 160 cm³/mol. The molecule has 200 valence electrons. The quantitative estimate of drug-likeness (QED) is 0.223. The van der Waals surface area contributed by atoms with Gasteiger partial charge in [0.2, 0.25) is 10.0 Å². The van der Waals surface area contributed by atoms with E-state index < -0.39 is 10.0 Å². The monoisotopic (exact) mass is 626 g/mol. The zero-order chi connectivity index (χ0) is 26.3. The SMILES string of the molecule is C=CCN(CC=C)S(=O)(=O)c1ccc(C(=O)N(CCN(CC)CC)c2nc3ccc(Br)cc3s2)cc1.Cl. The lowest BCUT2D eigenvalue weighted by atomic mass is 10.2. The summed E-state index contributed by atoms with van der Waals surface area (Å²) in [5.41, 5.74) is 1.22. The number of hydrogen-bond acceptors (Lipinski definition) is 6. The van der Waals surface area contributed by atoms with Gasteiger partial charge in [-0.05, 0) is 55.6 Å². The molecule has 0 spiro atoms. The molecule has 1 aromatic heterocycles. The second kappa shape index (κ2) is 14.2. The van der Waals surface area contributed by atoms with Crippen LogP contribution in [0.4, 0.5) is 5.13 Å². The molecule has 0 atom stereocenters. The van der Waals surface area contributed by atoms with Gasteiger partial charge in [0.1, 0.15) is 0 Å². The Morgan fingerprint density at radius 3 is 2.22 bits per heavy atom. The summed E-state index contributed by atoms with van der Waals surface area (Å²) in [6.45, 7) is 14.7. The molecule has 11 heteroatoms. The van der Waals surface area contributed by atoms with Gasteiger partial charge in [0.05, 0.1) is 15.1 Å². The van der Waals surface area contributed by atoms with Crippen LogP contribution in [0.5, 0.6) is 0 Å². The molecule has 0 saturated heterocycles. The Morgan fingerprint density at radius 2 is 1.65 bits per heavy atom. The van der Waals surface area contributed by atoms with E-state index in [2.05, 4.69) is 47.8 Å². The highest BCUT2D eigenvalue weighted by molar-refractivity contribution is 9.10. The number of aromatic nitrogens is 1. The molecule has 3 aromatic rings. The van der Waals surface area contributed by atoms with Crippen LogP contribution >= 0.6 is 39.7 Å². The molecule has 0 N–H and O–H groups in total. The van der Waals surface area contributed by atoms with Gasteiger partial charge >= 0.3 is 0 Å². The fourth-order valence-corrected chi connectivity index (χ4v) is 6.62. The summed E-state index contributed by atoms with van der Waals surface area (Å²) >= 11 is 4.95. The molecule has 0 unspecified atom stereocenters. The Balaban J connectivity index is 0.00000481. The number of likely N-dealkylation sites (N-methyl/N-ethyl adjacent to an activating group) is 1. The number of hydrogen-bond donors (Lipinski definition) is 0. The van der Waals surface area contributed by atoms with Crippen LogP contribution in [0.25, 0.3) is 10.2 Å². The van der Waals surface area contributed by atoms with Crippen molar-refractivity contribution >= 4 is 71.0 Å². The zero-order valence-corrected chi connectivity index (χ0v) is 25.0. The highest BCUT2D eigenvalue weighted by atomic mass is 79.9. The molecule has 2 aromatic carbocycles. The highest BCUT2D eigenvalue weighted by Crippen LogP contribution is 2.32. The molecule has 0 aliphatic rings. The van der Waals surface area contributed by atoms with Crippen molar-refractivity contribution in [2.45, 2.75) is 18.7 Å². The molecule has 1 amide bonds. The van der Waals surface area contributed by atoms with E-state index in [1.807, 2.05) is 18.2 Å². The van der Waals surface area contributed by atoms with Crippen LogP contribution in [0.2, 0.25) is 0 Å². The molecule has 0 bridgehead atoms. The number of rotatable bonds is 13. The van der Waals surface area contributed by atoms with Crippen molar-refractivity contribution in [3.63, 3.8) is 0 Å². The van der Waals surface area contributed by atoms with Gasteiger partial charge < -0.3 is 4.90 Å². The van der Waals surface area contributed by atoms with Crippen molar-refractivity contribution in [2.24, 2.45) is 0 Å². The van der Waals surface area contributed by atoms with Gasteiger partial charge in [0.15, 0.2) is 5.13 Å². The van der Waals surface area contributed by atoms with Crippen LogP contribution in [0, 0.1) is 0 Å². The number of carbonyl (C=O) groups is 1. The van der Waals surface area contributed by atoms with E-state index in [4.69, 9.17) is 4.98 Å². The van der Waals surface area contributed by atoms with Gasteiger partial charge in [-0.25, -0.2) is 13.4 Å². The molecule has 1 heterocycles. The topological polar surface area (TPSA) is 73.8 Å². The number of nitrogens with zero attached hydrogens (tertiary/aromatic N) is 4. The first-order chi connectivity index (χ1) is 17.2. The summed E-state index contributed by atoms with van der Waals surface area (Å²) in [6.07, 6.45) is 3.06. The molecule has 3 rings (SSSR count). The molecular formula is C26H32BrClN4O3S2. The molecule has 37 heavy (non-hydrogen) atoms. The summed E-state index contributed by atoms with van der Waals surface area (Å²) in [5, 5.41) is 0.611. The van der Waals surface area contributed by atoms with Gasteiger partial charge in [-0.1, -0.05) is 53.3 Å². The minimum absolute atomic E-state index is 0. The molecule has 0 radical (unpaired) electrons. The Kier molecular flexibility index (Phi) is 11.9. The van der Waals surface area contributed by atoms with Gasteiger partial charge in [0.25, 0.3) is 5.91 Å². The maximum atomic E-state index is 13.7. The van der Waals surface area contributed by atoms with E-state index in [9.17, 15) is 13.2 Å². The van der Waals surface area contributed by atoms with E-state index in [1.165, 1.54) is 39.9 Å². The van der Waals surface area contributed by atoms with Crippen LogP contribution in [0.3, 0.4) is 0 Å². The number of amides is 1. The first-order valence-corrected chi connectivity index (χ1v) is 14.7. The lowest BCUT2D eigenvalue weighted by molar-refractivity contribution is 0.0983. The predicted octanol–water partition coefficient (Wildman–Crippen LogP) is 5.83. The standard InChI is InChI=1S/C26H31BrN4O3S2.ClH/c1-5-15-30(16-6-2)36(33,34)22-12-9-20(10-13-22)25(32)31(18-17-29(7-3)8-4)26-28-23-14-11-21(27)19-24(23)35-26;/h5-6,9-14,19H,1-2,7-8,15-18H2,3-4H3;1H. The first kappa shape index (κ1) is 31.1. The normalized spacial score (nSPS) is 11.5. The molecule has 0 fully saturated rings. The van der Waals surface area contributed by atoms with Crippen molar-refractivity contribution in [2.75, 3.05) is 44.2 Å². The number of sulfonamides is 1. The zero-order valence-electron chi connectivity index (χ0n) is 21.0. The van der Waals surface area contributed by atoms with E-state index in [0.717, 1.165) is 27.8 Å².